The molecule has 0 aliphatic heterocycles. The molecule has 0 fully saturated rings. The van der Waals surface area contributed by atoms with E-state index in [1.807, 2.05) is 18.2 Å². The van der Waals surface area contributed by atoms with Gasteiger partial charge in [-0.3, -0.25) is 10.1 Å². The molecule has 0 saturated carbocycles. The van der Waals surface area contributed by atoms with E-state index >= 15 is 0 Å². The number of benzene rings is 2. The number of nitrogens with one attached hydrogen (secondary N) is 1. The highest BCUT2D eigenvalue weighted by Gasteiger charge is 2.11. The summed E-state index contributed by atoms with van der Waals surface area (Å²) in [5.74, 6) is 1.68. The molecule has 0 aliphatic carbocycles. The Morgan fingerprint density at radius 3 is 2.27 bits per heavy atom. The van der Waals surface area contributed by atoms with Crippen LogP contribution in [0, 0.1) is 0 Å². The highest BCUT2D eigenvalue weighted by atomic mass is 16.5. The van der Waals surface area contributed by atoms with Crippen LogP contribution in [-0.2, 0) is 15.9 Å². The minimum atomic E-state index is -0.320. The fraction of sp³-hybridized carbons (Fsp3) is 0.364. The van der Waals surface area contributed by atoms with Gasteiger partial charge in [-0.2, -0.15) is 0 Å². The van der Waals surface area contributed by atoms with Gasteiger partial charge in [0.2, 0.25) is 0 Å². The molecule has 0 radical (unpaired) electrons. The summed E-state index contributed by atoms with van der Waals surface area (Å²) < 4.78 is 26.2. The molecular formula is C22H28N2O6. The summed E-state index contributed by atoms with van der Waals surface area (Å²) in [5, 5.41) is 2.70. The van der Waals surface area contributed by atoms with Crippen LogP contribution < -0.4 is 19.5 Å². The Morgan fingerprint density at radius 1 is 0.900 bits per heavy atom. The van der Waals surface area contributed by atoms with E-state index in [1.54, 1.807) is 52.7 Å². The number of aliphatic imine (C=N–C) groups is 1. The maximum Gasteiger partial charge on any atom is 0.291 e. The maximum absolute atomic E-state index is 12.5. The lowest BCUT2D eigenvalue weighted by Gasteiger charge is -2.11. The van der Waals surface area contributed by atoms with Gasteiger partial charge in [-0.25, -0.2) is 4.99 Å². The molecule has 0 aliphatic rings. The Morgan fingerprint density at radius 2 is 1.63 bits per heavy atom. The van der Waals surface area contributed by atoms with Gasteiger partial charge in [-0.1, -0.05) is 6.07 Å². The summed E-state index contributed by atoms with van der Waals surface area (Å²) in [6, 6.07) is 12.6. The quantitative estimate of drug-likeness (QED) is 0.364. The standard InChI is InChI=1S/C22H28N2O6/c1-26-13-14-30-22(24-21(25)17-6-8-18(27-2)9-7-17)23-12-11-16-5-10-19(28-3)20(15-16)29-4/h5-10,15H,11-14H2,1-4H3,(H,23,24,25). The topological polar surface area (TPSA) is 87.6 Å². The van der Waals surface area contributed by atoms with Crippen molar-refractivity contribution in [3.8, 4) is 17.2 Å². The van der Waals surface area contributed by atoms with Crippen molar-refractivity contribution in [2.45, 2.75) is 6.42 Å². The first-order valence-electron chi connectivity index (χ1n) is 9.43. The number of hydrogen-bond donors (Lipinski definition) is 1. The van der Waals surface area contributed by atoms with Crippen molar-refractivity contribution < 1.29 is 28.5 Å². The first-order chi connectivity index (χ1) is 14.6. The molecule has 2 aromatic carbocycles. The molecule has 0 unspecified atom stereocenters. The maximum atomic E-state index is 12.5. The zero-order valence-electron chi connectivity index (χ0n) is 17.8. The van der Waals surface area contributed by atoms with Gasteiger partial charge >= 0.3 is 0 Å². The molecule has 162 valence electrons. The van der Waals surface area contributed by atoms with Crippen molar-refractivity contribution in [2.24, 2.45) is 4.99 Å². The second-order valence-corrected chi connectivity index (χ2v) is 6.15. The Labute approximate surface area is 176 Å². The van der Waals surface area contributed by atoms with Crippen LogP contribution in [0.2, 0.25) is 0 Å². The minimum Gasteiger partial charge on any atom is -0.497 e. The monoisotopic (exact) mass is 416 g/mol. The van der Waals surface area contributed by atoms with Crippen molar-refractivity contribution in [3.63, 3.8) is 0 Å². The lowest BCUT2D eigenvalue weighted by molar-refractivity contribution is 0.0954. The van der Waals surface area contributed by atoms with Crippen LogP contribution in [0.3, 0.4) is 0 Å². The second kappa shape index (κ2) is 12.3. The molecule has 0 bridgehead atoms. The van der Waals surface area contributed by atoms with Gasteiger partial charge in [0.05, 0.1) is 27.9 Å². The molecule has 0 aromatic heterocycles. The lowest BCUT2D eigenvalue weighted by atomic mass is 10.1. The number of methoxy groups -OCH3 is 4. The zero-order chi connectivity index (χ0) is 21.8. The van der Waals surface area contributed by atoms with Crippen molar-refractivity contribution in [1.82, 2.24) is 5.32 Å². The van der Waals surface area contributed by atoms with Gasteiger partial charge in [-0.05, 0) is 48.4 Å². The number of carbonyl (C=O) groups is 1. The Kier molecular flexibility index (Phi) is 9.47. The van der Waals surface area contributed by atoms with E-state index < -0.39 is 0 Å². The minimum absolute atomic E-state index is 0.147. The molecule has 1 amide bonds. The molecule has 0 heterocycles. The third kappa shape index (κ3) is 6.97. The van der Waals surface area contributed by atoms with Crippen LogP contribution in [0.25, 0.3) is 0 Å². The fourth-order valence-electron chi connectivity index (χ4n) is 2.58. The number of rotatable bonds is 10. The first-order valence-corrected chi connectivity index (χ1v) is 9.43. The van der Waals surface area contributed by atoms with Crippen molar-refractivity contribution in [1.29, 1.82) is 0 Å². The van der Waals surface area contributed by atoms with E-state index in [4.69, 9.17) is 23.7 Å². The van der Waals surface area contributed by atoms with Gasteiger partial charge < -0.3 is 23.7 Å². The van der Waals surface area contributed by atoms with Crippen molar-refractivity contribution >= 4 is 11.9 Å². The van der Waals surface area contributed by atoms with Crippen LogP contribution >= 0.6 is 0 Å². The molecule has 30 heavy (non-hydrogen) atoms. The van der Waals surface area contributed by atoms with E-state index in [2.05, 4.69) is 10.3 Å². The average Bonchev–Trinajstić information content (AvgIpc) is 2.78. The number of hydrogen-bond acceptors (Lipinski definition) is 7. The SMILES string of the molecule is COCCOC(=NCCc1ccc(OC)c(OC)c1)NC(=O)c1ccc(OC)cc1. The third-order valence-electron chi connectivity index (χ3n) is 4.20. The molecule has 0 spiro atoms. The number of carbonyl (C=O) groups excluding carboxylic acids is 1. The molecule has 8 nitrogen and oxygen atoms in total. The first kappa shape index (κ1) is 23.0. The number of amides is 1. The van der Waals surface area contributed by atoms with Crippen LogP contribution in [0.1, 0.15) is 15.9 Å². The largest absolute Gasteiger partial charge is 0.497 e. The Balaban J connectivity index is 2.03. The van der Waals surface area contributed by atoms with Gasteiger partial charge in [0, 0.05) is 19.2 Å². The van der Waals surface area contributed by atoms with Crippen LogP contribution in [-0.4, -0.2) is 60.1 Å². The predicted octanol–water partition coefficient (Wildman–Crippen LogP) is 2.70. The summed E-state index contributed by atoms with van der Waals surface area (Å²) in [7, 11) is 6.34. The van der Waals surface area contributed by atoms with Crippen molar-refractivity contribution in [3.05, 3.63) is 53.6 Å². The van der Waals surface area contributed by atoms with E-state index in [1.165, 1.54) is 0 Å². The van der Waals surface area contributed by atoms with E-state index in [0.717, 1.165) is 5.56 Å². The van der Waals surface area contributed by atoms with E-state index in [9.17, 15) is 4.79 Å². The average molecular weight is 416 g/mol. The van der Waals surface area contributed by atoms with Crippen LogP contribution in [0.4, 0.5) is 0 Å². The molecule has 1 N–H and O–H groups in total. The summed E-state index contributed by atoms with van der Waals surface area (Å²) in [6.07, 6.45) is 0.635. The van der Waals surface area contributed by atoms with Crippen molar-refractivity contribution in [2.75, 3.05) is 48.2 Å². The Bertz CT molecular complexity index is 836. The molecule has 2 aromatic rings. The normalized spacial score (nSPS) is 11.0. The third-order valence-corrected chi connectivity index (χ3v) is 4.20. The highest BCUT2D eigenvalue weighted by molar-refractivity contribution is 6.04. The lowest BCUT2D eigenvalue weighted by Crippen LogP contribution is -2.33. The Hall–Kier alpha value is -3.26. The number of nitrogens with zero attached hydrogens (tertiary/aromatic N) is 1. The van der Waals surface area contributed by atoms with E-state index in [0.29, 0.717) is 42.4 Å². The smallest absolute Gasteiger partial charge is 0.291 e. The molecule has 0 atom stereocenters. The fourth-order valence-corrected chi connectivity index (χ4v) is 2.58. The number of amidine groups is 1. The van der Waals surface area contributed by atoms with E-state index in [-0.39, 0.29) is 18.5 Å². The predicted molar refractivity (Wildman–Crippen MR) is 114 cm³/mol. The molecule has 0 saturated heterocycles. The molecule has 2 rings (SSSR count). The van der Waals surface area contributed by atoms with Gasteiger partial charge in [-0.15, -0.1) is 0 Å². The summed E-state index contributed by atoms with van der Waals surface area (Å²) in [4.78, 5) is 16.9. The van der Waals surface area contributed by atoms with Crippen LogP contribution in [0.5, 0.6) is 17.2 Å². The summed E-state index contributed by atoms with van der Waals surface area (Å²) in [6.45, 7) is 1.07. The van der Waals surface area contributed by atoms with Gasteiger partial charge in [0.25, 0.3) is 11.9 Å². The molecule has 8 heteroatoms. The van der Waals surface area contributed by atoms with Crippen LogP contribution in [0.15, 0.2) is 47.5 Å². The van der Waals surface area contributed by atoms with Gasteiger partial charge in [0.1, 0.15) is 12.4 Å². The number of ether oxygens (including phenoxy) is 5. The summed E-state index contributed by atoms with van der Waals surface area (Å²) >= 11 is 0. The molecular weight excluding hydrogens is 388 g/mol. The van der Waals surface area contributed by atoms with Gasteiger partial charge in [0.15, 0.2) is 11.5 Å². The second-order valence-electron chi connectivity index (χ2n) is 6.15. The highest BCUT2D eigenvalue weighted by Crippen LogP contribution is 2.27. The summed E-state index contributed by atoms with van der Waals surface area (Å²) in [5.41, 5.74) is 1.49. The zero-order valence-corrected chi connectivity index (χ0v) is 17.8.